The van der Waals surface area contributed by atoms with Crippen molar-refractivity contribution in [2.75, 3.05) is 0 Å². The number of rotatable bonds is 34. The highest BCUT2D eigenvalue weighted by Crippen LogP contribution is 2.13. The number of carbonyl (C=O) groups excluding carboxylic acids is 11. The molecular weight excluding hydrogens is 1030 g/mol. The Hall–Kier alpha value is -9.22. The lowest BCUT2D eigenvalue weighted by molar-refractivity contribution is -0.142. The van der Waals surface area contributed by atoms with Gasteiger partial charge in [-0.3, -0.25) is 67.1 Å². The molecule has 0 aliphatic heterocycles. The van der Waals surface area contributed by atoms with E-state index in [-0.39, 0.29) is 30.9 Å². The number of phenolic OH excluding ortho intramolecular Hbond substituents is 1. The van der Waals surface area contributed by atoms with Gasteiger partial charge in [0.15, 0.2) is 0 Å². The summed E-state index contributed by atoms with van der Waals surface area (Å²) in [6.07, 6.45) is -6.26. The van der Waals surface area contributed by atoms with E-state index in [1.807, 2.05) is 0 Å². The van der Waals surface area contributed by atoms with Crippen molar-refractivity contribution >= 4 is 82.9 Å². The van der Waals surface area contributed by atoms with Gasteiger partial charge in [-0.1, -0.05) is 56.3 Å². The average molecular weight is 1100 g/mol. The molecule has 2 aromatic carbocycles. The summed E-state index contributed by atoms with van der Waals surface area (Å²) < 4.78 is 0. The van der Waals surface area contributed by atoms with Gasteiger partial charge in [0.2, 0.25) is 65.0 Å². The largest absolute Gasteiger partial charge is 0.508 e. The molecular formula is C48H66N12O18. The zero-order valence-electron chi connectivity index (χ0n) is 42.6. The number of hydrogen-bond donors (Lipinski definition) is 16. The molecule has 78 heavy (non-hydrogen) atoms. The van der Waals surface area contributed by atoms with Gasteiger partial charge in [0, 0.05) is 12.8 Å². The average Bonchev–Trinajstić information content (AvgIpc) is 3.33. The molecule has 0 radical (unpaired) electrons. The number of carboxylic acids is 3. The van der Waals surface area contributed by atoms with E-state index in [9.17, 15) is 87.5 Å². The molecule has 0 saturated carbocycles. The van der Waals surface area contributed by atoms with Crippen LogP contribution in [0.3, 0.4) is 0 Å². The van der Waals surface area contributed by atoms with E-state index in [1.54, 1.807) is 44.2 Å². The molecule has 0 aliphatic carbocycles. The van der Waals surface area contributed by atoms with Gasteiger partial charge < -0.3 is 85.9 Å². The maximum Gasteiger partial charge on any atom is 0.325 e. The SMILES string of the molecule is CC(C)C[C@H](NC(=O)[C@H](Cc1ccccc1)NC(=O)[C@H](CC(=O)O)NC(=O)[C@H](CC(N)=O)NC(=O)[C@H](CCC(=O)O)NC(=O)[C@H](CC(N)=O)NC(=O)[C@H](CC(N)=O)NC(=O)[C@@H](N)Cc1ccc(O)cc1)C(=O)N[C@@H](C)C(=O)O. The molecule has 20 N–H and O–H groups in total. The molecule has 0 aliphatic rings. The zero-order chi connectivity index (χ0) is 59.0. The predicted octanol–water partition coefficient (Wildman–Crippen LogP) is -5.50. The van der Waals surface area contributed by atoms with Crippen molar-refractivity contribution in [2.45, 2.75) is 133 Å². The van der Waals surface area contributed by atoms with Crippen LogP contribution in [0.2, 0.25) is 0 Å². The van der Waals surface area contributed by atoms with Gasteiger partial charge in [0.25, 0.3) is 0 Å². The Bertz CT molecular complexity index is 2530. The van der Waals surface area contributed by atoms with Crippen LogP contribution in [0, 0.1) is 5.92 Å². The number of carbonyl (C=O) groups is 14. The van der Waals surface area contributed by atoms with E-state index in [0.717, 1.165) is 0 Å². The molecule has 30 nitrogen and oxygen atoms in total. The summed E-state index contributed by atoms with van der Waals surface area (Å²) in [6.45, 7) is 4.60. The quantitative estimate of drug-likeness (QED) is 0.0311. The number of nitrogens with two attached hydrogens (primary N) is 4. The van der Waals surface area contributed by atoms with Crippen LogP contribution in [0.1, 0.15) is 76.8 Å². The molecule has 30 heteroatoms. The molecule has 9 atom stereocenters. The van der Waals surface area contributed by atoms with Gasteiger partial charge >= 0.3 is 17.9 Å². The third-order valence-corrected chi connectivity index (χ3v) is 11.1. The molecule has 0 bridgehead atoms. The summed E-state index contributed by atoms with van der Waals surface area (Å²) in [6, 6.07) is -2.21. The van der Waals surface area contributed by atoms with Crippen molar-refractivity contribution in [2.24, 2.45) is 28.9 Å². The first-order chi connectivity index (χ1) is 36.4. The van der Waals surface area contributed by atoms with Crippen LogP contribution in [0.5, 0.6) is 5.75 Å². The fourth-order valence-corrected chi connectivity index (χ4v) is 7.18. The standard InChI is InChI=1S/C48H66N12O18/c1-22(2)15-29(42(71)53-23(3)48(77)78)56-43(72)30(17-24-7-5-4-6-8-24)57-47(76)34(21-39(67)68)60-46(75)33(20-37(52)64)58-41(70)28(13-14-38(65)66)54-44(73)32(19-36(51)63)59-45(74)31(18-35(50)62)55-40(69)27(49)16-25-9-11-26(61)12-10-25/h4-12,22-23,27-34,61H,13-21,49H2,1-3H3,(H2,50,62)(H2,51,63)(H2,52,64)(H,53,71)(H,54,73)(H,55,69)(H,56,72)(H,57,76)(H,58,70)(H,59,74)(H,60,75)(H,65,66)(H,67,68)(H,77,78)/t23-,27-,28-,29-,30-,31-,32-,33-,34-/m0/s1. The van der Waals surface area contributed by atoms with Gasteiger partial charge in [0.1, 0.15) is 54.1 Å². The summed E-state index contributed by atoms with van der Waals surface area (Å²) in [5.41, 5.74) is 22.9. The van der Waals surface area contributed by atoms with Gasteiger partial charge in [-0.15, -0.1) is 0 Å². The van der Waals surface area contributed by atoms with Crippen molar-refractivity contribution in [3.05, 3.63) is 65.7 Å². The lowest BCUT2D eigenvalue weighted by Gasteiger charge is -2.27. The summed E-state index contributed by atoms with van der Waals surface area (Å²) in [5.74, 6) is -18.3. The topological polar surface area (TPSA) is 520 Å². The Balaban J connectivity index is 2.44. The predicted molar refractivity (Wildman–Crippen MR) is 269 cm³/mol. The van der Waals surface area contributed by atoms with Gasteiger partial charge in [-0.25, -0.2) is 0 Å². The minimum absolute atomic E-state index is 0.00709. The van der Waals surface area contributed by atoms with E-state index in [0.29, 0.717) is 11.1 Å². The molecule has 0 unspecified atom stereocenters. The second kappa shape index (κ2) is 31.6. The monoisotopic (exact) mass is 1100 g/mol. The third kappa shape index (κ3) is 24.0. The molecule has 0 spiro atoms. The highest BCUT2D eigenvalue weighted by molar-refractivity contribution is 6.01. The Morgan fingerprint density at radius 3 is 1.23 bits per heavy atom. The number of primary amides is 3. The van der Waals surface area contributed by atoms with Crippen molar-refractivity contribution < 1.29 is 87.5 Å². The first-order valence-electron chi connectivity index (χ1n) is 24.0. The second-order valence-corrected chi connectivity index (χ2v) is 18.3. The zero-order valence-corrected chi connectivity index (χ0v) is 42.6. The van der Waals surface area contributed by atoms with Gasteiger partial charge in [0.05, 0.1) is 31.7 Å². The fraction of sp³-hybridized carbons (Fsp3) is 0.458. The molecule has 2 aromatic rings. The molecule has 0 fully saturated rings. The summed E-state index contributed by atoms with van der Waals surface area (Å²) in [5, 5.41) is 55.8. The molecule has 0 aromatic heterocycles. The first-order valence-corrected chi connectivity index (χ1v) is 24.0. The minimum Gasteiger partial charge on any atom is -0.508 e. The Morgan fingerprint density at radius 2 is 0.808 bits per heavy atom. The van der Waals surface area contributed by atoms with Crippen molar-refractivity contribution in [1.82, 2.24) is 42.5 Å². The van der Waals surface area contributed by atoms with Crippen LogP contribution < -0.4 is 65.5 Å². The van der Waals surface area contributed by atoms with Crippen molar-refractivity contribution in [1.29, 1.82) is 0 Å². The smallest absolute Gasteiger partial charge is 0.325 e. The van der Waals surface area contributed by atoms with E-state index < -0.39 is 176 Å². The van der Waals surface area contributed by atoms with Crippen LogP contribution in [-0.2, 0) is 80.0 Å². The first kappa shape index (κ1) is 64.9. The summed E-state index contributed by atoms with van der Waals surface area (Å²) in [4.78, 5) is 181. The van der Waals surface area contributed by atoms with E-state index in [1.165, 1.54) is 31.2 Å². The van der Waals surface area contributed by atoms with E-state index in [2.05, 4.69) is 42.5 Å². The molecule has 2 rings (SSSR count). The number of amides is 11. The van der Waals surface area contributed by atoms with Crippen LogP contribution in [0.15, 0.2) is 54.6 Å². The molecule has 0 heterocycles. The fourth-order valence-electron chi connectivity index (χ4n) is 7.18. The summed E-state index contributed by atoms with van der Waals surface area (Å²) >= 11 is 0. The number of carboxylic acid groups (broad SMARTS) is 3. The number of aromatic hydroxyl groups is 1. The van der Waals surface area contributed by atoms with Crippen LogP contribution in [-0.4, -0.2) is 158 Å². The van der Waals surface area contributed by atoms with E-state index >= 15 is 0 Å². The molecule has 11 amide bonds. The van der Waals surface area contributed by atoms with Crippen LogP contribution in [0.25, 0.3) is 0 Å². The van der Waals surface area contributed by atoms with Crippen molar-refractivity contribution in [3.63, 3.8) is 0 Å². The maximum atomic E-state index is 13.9. The maximum absolute atomic E-state index is 13.9. The highest BCUT2D eigenvalue weighted by atomic mass is 16.4. The number of hydrogen-bond acceptors (Lipinski definition) is 16. The minimum atomic E-state index is -2.12. The normalized spacial score (nSPS) is 14.3. The number of aliphatic carboxylic acids is 3. The van der Waals surface area contributed by atoms with Gasteiger partial charge in [-0.2, -0.15) is 0 Å². The Kier molecular flexibility index (Phi) is 26.3. The lowest BCUT2D eigenvalue weighted by atomic mass is 10.0. The number of benzene rings is 2. The molecule has 426 valence electrons. The second-order valence-electron chi connectivity index (χ2n) is 18.3. The molecule has 0 saturated heterocycles. The third-order valence-electron chi connectivity index (χ3n) is 11.1. The number of phenols is 1. The number of nitrogens with one attached hydrogen (secondary N) is 8. The van der Waals surface area contributed by atoms with Gasteiger partial charge in [-0.05, 0) is 55.4 Å². The Labute approximate surface area is 445 Å². The summed E-state index contributed by atoms with van der Waals surface area (Å²) in [7, 11) is 0. The Morgan fingerprint density at radius 1 is 0.436 bits per heavy atom. The lowest BCUT2D eigenvalue weighted by Crippen LogP contribution is -2.61. The van der Waals surface area contributed by atoms with Crippen LogP contribution in [0.4, 0.5) is 0 Å². The van der Waals surface area contributed by atoms with E-state index in [4.69, 9.17) is 22.9 Å². The highest BCUT2D eigenvalue weighted by Gasteiger charge is 2.37. The van der Waals surface area contributed by atoms with Crippen LogP contribution >= 0.6 is 0 Å². The van der Waals surface area contributed by atoms with Crippen molar-refractivity contribution in [3.8, 4) is 5.75 Å².